The van der Waals surface area contributed by atoms with Gasteiger partial charge in [-0.1, -0.05) is 24.3 Å². The molecule has 0 aromatic heterocycles. The van der Waals surface area contributed by atoms with Crippen LogP contribution in [0, 0.1) is 0 Å². The number of hydrogen-bond donors (Lipinski definition) is 0. The zero-order valence-electron chi connectivity index (χ0n) is 9.89. The molecule has 0 atom stereocenters. The molecule has 86 valence electrons. The first-order valence-electron chi connectivity index (χ1n) is 6.12. The Balaban J connectivity index is 2.04. The quantitative estimate of drug-likeness (QED) is 0.704. The van der Waals surface area contributed by atoms with Crippen molar-refractivity contribution in [3.8, 4) is 0 Å². The summed E-state index contributed by atoms with van der Waals surface area (Å²) < 4.78 is 0. The van der Waals surface area contributed by atoms with Gasteiger partial charge >= 0.3 is 0 Å². The SMILES string of the molecule is C=NC1=C(N2CCc3ccccc32)C=CCC1. The van der Waals surface area contributed by atoms with Crippen molar-refractivity contribution in [2.24, 2.45) is 4.99 Å². The molecule has 0 unspecified atom stereocenters. The van der Waals surface area contributed by atoms with Crippen molar-refractivity contribution < 1.29 is 0 Å². The number of aliphatic imine (C=N–C) groups is 1. The molecule has 1 aliphatic carbocycles. The van der Waals surface area contributed by atoms with Gasteiger partial charge in [0.2, 0.25) is 0 Å². The zero-order chi connectivity index (χ0) is 11.7. The van der Waals surface area contributed by atoms with Crippen LogP contribution < -0.4 is 4.90 Å². The Labute approximate surface area is 102 Å². The smallest absolute Gasteiger partial charge is 0.0635 e. The molecule has 0 radical (unpaired) electrons. The Hall–Kier alpha value is -1.83. The van der Waals surface area contributed by atoms with Crippen LogP contribution in [0.5, 0.6) is 0 Å². The Bertz CT molecular complexity index is 511. The maximum absolute atomic E-state index is 4.18. The molecule has 0 bridgehead atoms. The number of allylic oxidation sites excluding steroid dienone is 3. The molecular weight excluding hydrogens is 208 g/mol. The van der Waals surface area contributed by atoms with E-state index in [2.05, 4.69) is 53.0 Å². The Kier molecular flexibility index (Phi) is 2.56. The first kappa shape index (κ1) is 10.3. The van der Waals surface area contributed by atoms with Crippen LogP contribution in [0.3, 0.4) is 0 Å². The number of nitrogens with zero attached hydrogens (tertiary/aromatic N) is 2. The average Bonchev–Trinajstić information content (AvgIpc) is 2.82. The van der Waals surface area contributed by atoms with Crippen LogP contribution in [0.25, 0.3) is 0 Å². The number of benzene rings is 1. The van der Waals surface area contributed by atoms with Crippen molar-refractivity contribution in [3.63, 3.8) is 0 Å². The molecule has 1 aromatic carbocycles. The fourth-order valence-corrected chi connectivity index (χ4v) is 2.63. The van der Waals surface area contributed by atoms with Gasteiger partial charge in [-0.15, -0.1) is 0 Å². The highest BCUT2D eigenvalue weighted by atomic mass is 15.2. The van der Waals surface area contributed by atoms with Gasteiger partial charge in [0.15, 0.2) is 0 Å². The molecule has 2 nitrogen and oxygen atoms in total. The van der Waals surface area contributed by atoms with Crippen molar-refractivity contribution in [3.05, 3.63) is 53.4 Å². The van der Waals surface area contributed by atoms with E-state index in [4.69, 9.17) is 0 Å². The van der Waals surface area contributed by atoms with Gasteiger partial charge < -0.3 is 4.90 Å². The molecule has 0 spiro atoms. The fraction of sp³-hybridized carbons (Fsp3) is 0.267. The number of anilines is 1. The van der Waals surface area contributed by atoms with Gasteiger partial charge in [-0.05, 0) is 43.7 Å². The van der Waals surface area contributed by atoms with Gasteiger partial charge in [-0.2, -0.15) is 0 Å². The highest BCUT2D eigenvalue weighted by Crippen LogP contribution is 2.34. The van der Waals surface area contributed by atoms with E-state index < -0.39 is 0 Å². The summed E-state index contributed by atoms with van der Waals surface area (Å²) in [5.41, 5.74) is 5.12. The van der Waals surface area contributed by atoms with E-state index in [0.717, 1.165) is 31.5 Å². The molecule has 1 aromatic rings. The minimum absolute atomic E-state index is 1.01. The first-order valence-corrected chi connectivity index (χ1v) is 6.12. The third kappa shape index (κ3) is 1.70. The van der Waals surface area contributed by atoms with Crippen molar-refractivity contribution >= 4 is 12.4 Å². The summed E-state index contributed by atoms with van der Waals surface area (Å²) in [5, 5.41) is 0. The van der Waals surface area contributed by atoms with Gasteiger partial charge in [0, 0.05) is 12.2 Å². The molecule has 0 saturated heterocycles. The lowest BCUT2D eigenvalue weighted by Crippen LogP contribution is -2.21. The fourth-order valence-electron chi connectivity index (χ4n) is 2.63. The monoisotopic (exact) mass is 224 g/mol. The van der Waals surface area contributed by atoms with E-state index in [1.54, 1.807) is 0 Å². The molecular formula is C15H16N2. The summed E-state index contributed by atoms with van der Waals surface area (Å²) >= 11 is 0. The number of para-hydroxylation sites is 1. The van der Waals surface area contributed by atoms with E-state index >= 15 is 0 Å². The van der Waals surface area contributed by atoms with Crippen molar-refractivity contribution in [2.75, 3.05) is 11.4 Å². The highest BCUT2D eigenvalue weighted by molar-refractivity contribution is 5.64. The second-order valence-electron chi connectivity index (χ2n) is 4.46. The van der Waals surface area contributed by atoms with Crippen LogP contribution >= 0.6 is 0 Å². The van der Waals surface area contributed by atoms with Crippen molar-refractivity contribution in [1.29, 1.82) is 0 Å². The molecule has 0 saturated carbocycles. The lowest BCUT2D eigenvalue weighted by molar-refractivity contribution is 0.872. The van der Waals surface area contributed by atoms with Crippen molar-refractivity contribution in [1.82, 2.24) is 0 Å². The summed E-state index contributed by atoms with van der Waals surface area (Å²) in [6, 6.07) is 8.62. The molecule has 2 heteroatoms. The third-order valence-corrected chi connectivity index (χ3v) is 3.49. The van der Waals surface area contributed by atoms with Gasteiger partial charge in [0.05, 0.1) is 11.4 Å². The zero-order valence-corrected chi connectivity index (χ0v) is 9.89. The lowest BCUT2D eigenvalue weighted by atomic mass is 10.1. The van der Waals surface area contributed by atoms with Crippen LogP contribution in [-0.4, -0.2) is 13.3 Å². The van der Waals surface area contributed by atoms with Crippen LogP contribution in [-0.2, 0) is 6.42 Å². The van der Waals surface area contributed by atoms with Crippen LogP contribution in [0.15, 0.2) is 52.8 Å². The summed E-state index contributed by atoms with van der Waals surface area (Å²) in [6.45, 7) is 4.75. The molecule has 1 aliphatic heterocycles. The minimum atomic E-state index is 1.01. The maximum Gasteiger partial charge on any atom is 0.0635 e. The first-order chi connectivity index (χ1) is 8.40. The van der Waals surface area contributed by atoms with Gasteiger partial charge in [0.1, 0.15) is 0 Å². The summed E-state index contributed by atoms with van der Waals surface area (Å²) in [6.07, 6.45) is 7.62. The standard InChI is InChI=1S/C15H16N2/c1-16-13-7-3-5-9-15(13)17-11-10-12-6-2-4-8-14(12)17/h2,4-6,8-9H,1,3,7,10-11H2. The van der Waals surface area contributed by atoms with E-state index in [1.807, 2.05) is 0 Å². The van der Waals surface area contributed by atoms with E-state index in [9.17, 15) is 0 Å². The van der Waals surface area contributed by atoms with E-state index in [0.29, 0.717) is 0 Å². The van der Waals surface area contributed by atoms with E-state index in [-0.39, 0.29) is 0 Å². The lowest BCUT2D eigenvalue weighted by Gasteiger charge is -2.24. The number of rotatable bonds is 2. The summed E-state index contributed by atoms with van der Waals surface area (Å²) in [5.74, 6) is 0. The number of fused-ring (bicyclic) bond motifs is 1. The number of hydrogen-bond acceptors (Lipinski definition) is 2. The van der Waals surface area contributed by atoms with Gasteiger partial charge in [-0.3, -0.25) is 4.99 Å². The van der Waals surface area contributed by atoms with Gasteiger partial charge in [-0.25, -0.2) is 0 Å². The summed E-state index contributed by atoms with van der Waals surface area (Å²) in [7, 11) is 0. The second-order valence-corrected chi connectivity index (χ2v) is 4.46. The predicted octanol–water partition coefficient (Wildman–Crippen LogP) is 3.31. The van der Waals surface area contributed by atoms with Gasteiger partial charge in [0.25, 0.3) is 0 Å². The molecule has 0 fully saturated rings. The van der Waals surface area contributed by atoms with Crippen LogP contribution in [0.2, 0.25) is 0 Å². The highest BCUT2D eigenvalue weighted by Gasteiger charge is 2.23. The largest absolute Gasteiger partial charge is 0.339 e. The maximum atomic E-state index is 4.18. The molecule has 17 heavy (non-hydrogen) atoms. The molecule has 0 amide bonds. The second kappa shape index (κ2) is 4.21. The summed E-state index contributed by atoms with van der Waals surface area (Å²) in [4.78, 5) is 6.55. The Morgan fingerprint density at radius 3 is 2.94 bits per heavy atom. The average molecular weight is 224 g/mol. The van der Waals surface area contributed by atoms with Crippen LogP contribution in [0.4, 0.5) is 5.69 Å². The molecule has 3 rings (SSSR count). The molecule has 2 aliphatic rings. The minimum Gasteiger partial charge on any atom is -0.339 e. The Morgan fingerprint density at radius 2 is 2.06 bits per heavy atom. The predicted molar refractivity (Wildman–Crippen MR) is 72.4 cm³/mol. The molecule has 1 heterocycles. The normalized spacial score (nSPS) is 18.5. The van der Waals surface area contributed by atoms with Crippen molar-refractivity contribution in [2.45, 2.75) is 19.3 Å². The molecule has 0 N–H and O–H groups in total. The Morgan fingerprint density at radius 1 is 1.18 bits per heavy atom. The van der Waals surface area contributed by atoms with Crippen LogP contribution in [0.1, 0.15) is 18.4 Å². The van der Waals surface area contributed by atoms with E-state index in [1.165, 1.54) is 16.9 Å². The topological polar surface area (TPSA) is 15.6 Å². The third-order valence-electron chi connectivity index (χ3n) is 3.49.